The van der Waals surface area contributed by atoms with Gasteiger partial charge in [-0.05, 0) is 24.8 Å². The highest BCUT2D eigenvalue weighted by Crippen LogP contribution is 2.16. The third kappa shape index (κ3) is 6.84. The lowest BCUT2D eigenvalue weighted by molar-refractivity contribution is 0.842. The molecule has 6 heteroatoms. The molecule has 18 heavy (non-hydrogen) atoms. The van der Waals surface area contributed by atoms with Crippen LogP contribution in [0.5, 0.6) is 0 Å². The fourth-order valence-corrected chi connectivity index (χ4v) is 2.57. The molecule has 1 aromatic heterocycles. The minimum Gasteiger partial charge on any atom is -0.356 e. The van der Waals surface area contributed by atoms with E-state index < -0.39 is 0 Å². The summed E-state index contributed by atoms with van der Waals surface area (Å²) >= 11 is 3.70. The van der Waals surface area contributed by atoms with E-state index >= 15 is 0 Å². The number of aryl methyl sites for hydroxylation is 1. The topological polar surface area (TPSA) is 36.4 Å². The molecule has 0 saturated heterocycles. The number of hydrogen-bond donors (Lipinski definition) is 2. The Morgan fingerprint density at radius 2 is 2.06 bits per heavy atom. The van der Waals surface area contributed by atoms with Gasteiger partial charge in [0.25, 0.3) is 0 Å². The van der Waals surface area contributed by atoms with Crippen LogP contribution in [-0.2, 0) is 13.0 Å². The second-order valence-corrected chi connectivity index (χ2v) is 5.81. The number of guanidine groups is 1. The molecule has 104 valence electrons. The first-order valence-corrected chi connectivity index (χ1v) is 8.02. The average molecular weight is 399 g/mol. The van der Waals surface area contributed by atoms with Crippen LogP contribution in [0.4, 0.5) is 0 Å². The van der Waals surface area contributed by atoms with Gasteiger partial charge in [-0.3, -0.25) is 4.99 Å². The number of thioether (sulfide) groups is 1. The van der Waals surface area contributed by atoms with E-state index in [2.05, 4.69) is 40.9 Å². The van der Waals surface area contributed by atoms with Gasteiger partial charge in [0, 0.05) is 29.1 Å². The molecule has 1 heterocycles. The summed E-state index contributed by atoms with van der Waals surface area (Å²) < 4.78 is 0. The fraction of sp³-hybridized carbons (Fsp3) is 0.583. The van der Waals surface area contributed by atoms with E-state index in [9.17, 15) is 0 Å². The van der Waals surface area contributed by atoms with Gasteiger partial charge in [0.2, 0.25) is 0 Å². The maximum Gasteiger partial charge on any atom is 0.191 e. The summed E-state index contributed by atoms with van der Waals surface area (Å²) in [4.78, 5) is 6.99. The lowest BCUT2D eigenvalue weighted by Gasteiger charge is -2.10. The largest absolute Gasteiger partial charge is 0.356 e. The summed E-state index contributed by atoms with van der Waals surface area (Å²) in [7, 11) is 1.81. The quantitative estimate of drug-likeness (QED) is 0.334. The molecule has 0 aliphatic heterocycles. The molecular weight excluding hydrogens is 377 g/mol. The smallest absolute Gasteiger partial charge is 0.191 e. The van der Waals surface area contributed by atoms with Crippen LogP contribution in [0.25, 0.3) is 0 Å². The second kappa shape index (κ2) is 10.9. The molecule has 0 radical (unpaired) electrons. The van der Waals surface area contributed by atoms with Crippen molar-refractivity contribution in [1.82, 2.24) is 10.6 Å². The molecule has 0 saturated carbocycles. The van der Waals surface area contributed by atoms with Gasteiger partial charge < -0.3 is 10.6 Å². The Kier molecular flexibility index (Phi) is 11.0. The van der Waals surface area contributed by atoms with Crippen molar-refractivity contribution in [3.8, 4) is 0 Å². The molecule has 0 fully saturated rings. The zero-order valence-corrected chi connectivity index (χ0v) is 15.1. The van der Waals surface area contributed by atoms with Crippen LogP contribution in [0.1, 0.15) is 16.7 Å². The van der Waals surface area contributed by atoms with Crippen molar-refractivity contribution in [3.63, 3.8) is 0 Å². The predicted molar refractivity (Wildman–Crippen MR) is 95.7 cm³/mol. The fourth-order valence-electron chi connectivity index (χ4n) is 1.37. The maximum atomic E-state index is 4.19. The lowest BCUT2D eigenvalue weighted by Crippen LogP contribution is -2.37. The molecule has 0 amide bonds. The van der Waals surface area contributed by atoms with Crippen molar-refractivity contribution in [2.24, 2.45) is 4.99 Å². The predicted octanol–water partition coefficient (Wildman–Crippen LogP) is 2.96. The molecule has 0 bridgehead atoms. The standard InChI is InChI=1S/C12H21N3S2.HI/c1-4-10-5-6-11(17-10)9-15-12(13-2)14-7-8-16-3;/h5-6H,4,7-9H2,1-3H3,(H2,13,14,15);1H. The third-order valence-electron chi connectivity index (χ3n) is 2.32. The minimum atomic E-state index is 0. The lowest BCUT2D eigenvalue weighted by atomic mass is 10.4. The van der Waals surface area contributed by atoms with Crippen molar-refractivity contribution < 1.29 is 0 Å². The second-order valence-electron chi connectivity index (χ2n) is 3.57. The summed E-state index contributed by atoms with van der Waals surface area (Å²) in [6.45, 7) is 3.99. The van der Waals surface area contributed by atoms with Crippen LogP contribution in [0.2, 0.25) is 0 Å². The van der Waals surface area contributed by atoms with Crippen LogP contribution in [0.3, 0.4) is 0 Å². The van der Waals surface area contributed by atoms with Gasteiger partial charge in [0.05, 0.1) is 6.54 Å². The first kappa shape index (κ1) is 18.0. The summed E-state index contributed by atoms with van der Waals surface area (Å²) in [5.74, 6) is 1.98. The molecule has 0 aliphatic carbocycles. The number of nitrogens with zero attached hydrogens (tertiary/aromatic N) is 1. The number of aliphatic imine (C=N–C) groups is 1. The molecule has 0 aromatic carbocycles. The van der Waals surface area contributed by atoms with E-state index in [4.69, 9.17) is 0 Å². The van der Waals surface area contributed by atoms with Gasteiger partial charge in [0.1, 0.15) is 0 Å². The summed E-state index contributed by atoms with van der Waals surface area (Å²) in [6, 6.07) is 4.39. The minimum absolute atomic E-state index is 0. The van der Waals surface area contributed by atoms with Crippen molar-refractivity contribution in [1.29, 1.82) is 0 Å². The molecule has 1 rings (SSSR count). The van der Waals surface area contributed by atoms with Crippen LogP contribution < -0.4 is 10.6 Å². The van der Waals surface area contributed by atoms with Gasteiger partial charge >= 0.3 is 0 Å². The number of rotatable bonds is 6. The Labute approximate surface area is 135 Å². The Balaban J connectivity index is 0.00000289. The van der Waals surface area contributed by atoms with E-state index in [1.165, 1.54) is 9.75 Å². The first-order valence-electron chi connectivity index (χ1n) is 5.81. The molecule has 0 unspecified atom stereocenters. The molecule has 0 aliphatic rings. The van der Waals surface area contributed by atoms with E-state index in [1.54, 1.807) is 7.05 Å². The zero-order valence-electron chi connectivity index (χ0n) is 11.2. The normalized spacial score (nSPS) is 10.9. The van der Waals surface area contributed by atoms with E-state index in [1.807, 2.05) is 23.1 Å². The Hall–Kier alpha value is 0.0500. The Morgan fingerprint density at radius 1 is 1.33 bits per heavy atom. The molecule has 1 aromatic rings. The Morgan fingerprint density at radius 3 is 2.61 bits per heavy atom. The summed E-state index contributed by atoms with van der Waals surface area (Å²) in [5.41, 5.74) is 0. The summed E-state index contributed by atoms with van der Waals surface area (Å²) in [6.07, 6.45) is 3.22. The van der Waals surface area contributed by atoms with E-state index in [0.29, 0.717) is 0 Å². The van der Waals surface area contributed by atoms with Crippen molar-refractivity contribution in [3.05, 3.63) is 21.9 Å². The van der Waals surface area contributed by atoms with Gasteiger partial charge in [-0.25, -0.2) is 0 Å². The monoisotopic (exact) mass is 399 g/mol. The van der Waals surface area contributed by atoms with Gasteiger partial charge in [-0.2, -0.15) is 11.8 Å². The van der Waals surface area contributed by atoms with Gasteiger partial charge in [-0.15, -0.1) is 35.3 Å². The Bertz CT molecular complexity index is 353. The van der Waals surface area contributed by atoms with E-state index in [0.717, 1.165) is 31.2 Å². The van der Waals surface area contributed by atoms with Gasteiger partial charge in [0.15, 0.2) is 5.96 Å². The molecule has 2 N–H and O–H groups in total. The van der Waals surface area contributed by atoms with Crippen molar-refractivity contribution >= 4 is 53.0 Å². The highest BCUT2D eigenvalue weighted by molar-refractivity contribution is 14.0. The van der Waals surface area contributed by atoms with Gasteiger partial charge in [-0.1, -0.05) is 6.92 Å². The molecule has 3 nitrogen and oxygen atoms in total. The molecule has 0 atom stereocenters. The highest BCUT2D eigenvalue weighted by Gasteiger charge is 2.00. The molecule has 0 spiro atoms. The highest BCUT2D eigenvalue weighted by atomic mass is 127. The number of hydrogen-bond acceptors (Lipinski definition) is 3. The number of nitrogens with one attached hydrogen (secondary N) is 2. The number of halogens is 1. The van der Waals surface area contributed by atoms with Crippen LogP contribution in [-0.4, -0.2) is 31.6 Å². The number of thiophene rings is 1. The summed E-state index contributed by atoms with van der Waals surface area (Å²) in [5, 5.41) is 6.61. The zero-order chi connectivity index (χ0) is 12.5. The third-order valence-corrected chi connectivity index (χ3v) is 4.16. The van der Waals surface area contributed by atoms with Crippen LogP contribution in [0.15, 0.2) is 17.1 Å². The van der Waals surface area contributed by atoms with E-state index in [-0.39, 0.29) is 24.0 Å². The average Bonchev–Trinajstić information content (AvgIpc) is 2.81. The van der Waals surface area contributed by atoms with Crippen molar-refractivity contribution in [2.75, 3.05) is 25.6 Å². The van der Waals surface area contributed by atoms with Crippen LogP contribution in [0, 0.1) is 0 Å². The van der Waals surface area contributed by atoms with Crippen molar-refractivity contribution in [2.45, 2.75) is 19.9 Å². The first-order chi connectivity index (χ1) is 8.30. The molecular formula is C12H22IN3S2. The van der Waals surface area contributed by atoms with Crippen LogP contribution >= 0.6 is 47.1 Å². The maximum absolute atomic E-state index is 4.19. The SMILES string of the molecule is CCc1ccc(CNC(=NC)NCCSC)s1.I.